The molecule has 6 heteroatoms. The molecule has 0 saturated carbocycles. The zero-order valence-electron chi connectivity index (χ0n) is 17.2. The number of nitrogens with one attached hydrogen (secondary N) is 1. The first-order valence-corrected chi connectivity index (χ1v) is 9.38. The van der Waals surface area contributed by atoms with Crippen LogP contribution >= 0.6 is 0 Å². The molecule has 0 aliphatic carbocycles. The molecule has 0 aliphatic heterocycles. The minimum atomic E-state index is -0.571. The second-order valence-corrected chi connectivity index (χ2v) is 6.22. The maximum atomic E-state index is 12.6. The van der Waals surface area contributed by atoms with Crippen LogP contribution in [0.25, 0.3) is 0 Å². The fourth-order valence-corrected chi connectivity index (χ4v) is 2.89. The van der Waals surface area contributed by atoms with E-state index in [9.17, 15) is 4.79 Å². The normalized spacial score (nSPS) is 11.5. The number of hydrogen-bond acceptors (Lipinski definition) is 5. The van der Waals surface area contributed by atoms with Gasteiger partial charge in [0.05, 0.1) is 21.3 Å². The molecule has 152 valence electrons. The van der Waals surface area contributed by atoms with Gasteiger partial charge in [-0.2, -0.15) is 0 Å². The number of amides is 1. The van der Waals surface area contributed by atoms with Crippen molar-refractivity contribution in [3.8, 4) is 23.0 Å². The highest BCUT2D eigenvalue weighted by Crippen LogP contribution is 2.39. The highest BCUT2D eigenvalue weighted by atomic mass is 16.5. The molecule has 2 aromatic rings. The predicted octanol–water partition coefficient (Wildman–Crippen LogP) is 3.75. The quantitative estimate of drug-likeness (QED) is 0.673. The van der Waals surface area contributed by atoms with Gasteiger partial charge in [0.1, 0.15) is 5.75 Å². The number of carbonyl (C=O) groups excluding carboxylic acids is 1. The molecule has 0 spiro atoms. The van der Waals surface area contributed by atoms with Gasteiger partial charge in [0.25, 0.3) is 5.91 Å². The topological polar surface area (TPSA) is 66.0 Å². The number of aryl methyl sites for hydroxylation is 1. The van der Waals surface area contributed by atoms with Crippen LogP contribution in [-0.2, 0) is 17.8 Å². The molecule has 6 nitrogen and oxygen atoms in total. The van der Waals surface area contributed by atoms with Crippen LogP contribution in [0.3, 0.4) is 0 Å². The summed E-state index contributed by atoms with van der Waals surface area (Å²) in [7, 11) is 4.67. The molecular weight excluding hydrogens is 358 g/mol. The van der Waals surface area contributed by atoms with E-state index in [-0.39, 0.29) is 12.5 Å². The van der Waals surface area contributed by atoms with Crippen LogP contribution in [0.5, 0.6) is 23.0 Å². The van der Waals surface area contributed by atoms with Crippen molar-refractivity contribution in [3.05, 3.63) is 47.5 Å². The van der Waals surface area contributed by atoms with Crippen molar-refractivity contribution in [1.29, 1.82) is 0 Å². The van der Waals surface area contributed by atoms with Crippen LogP contribution in [0, 0.1) is 0 Å². The fourth-order valence-electron chi connectivity index (χ4n) is 2.89. The van der Waals surface area contributed by atoms with E-state index in [1.165, 1.54) is 5.56 Å². The third-order valence-corrected chi connectivity index (χ3v) is 4.51. The van der Waals surface area contributed by atoms with Gasteiger partial charge < -0.3 is 24.3 Å². The zero-order chi connectivity index (χ0) is 20.5. The van der Waals surface area contributed by atoms with Gasteiger partial charge in [0, 0.05) is 12.1 Å². The Bertz CT molecular complexity index is 773. The molecule has 0 heterocycles. The number of methoxy groups -OCH3 is 3. The van der Waals surface area contributed by atoms with Gasteiger partial charge >= 0.3 is 0 Å². The number of hydrogen-bond donors (Lipinski definition) is 1. The van der Waals surface area contributed by atoms with Crippen molar-refractivity contribution in [2.24, 2.45) is 0 Å². The molecule has 0 saturated heterocycles. The van der Waals surface area contributed by atoms with E-state index in [1.54, 1.807) is 27.4 Å². The highest BCUT2D eigenvalue weighted by molar-refractivity contribution is 5.81. The second kappa shape index (κ2) is 10.4. The van der Waals surface area contributed by atoms with Crippen LogP contribution in [0.4, 0.5) is 0 Å². The Kier molecular flexibility index (Phi) is 7.99. The highest BCUT2D eigenvalue weighted by Gasteiger charge is 2.20. The van der Waals surface area contributed by atoms with Gasteiger partial charge in [-0.15, -0.1) is 0 Å². The summed E-state index contributed by atoms with van der Waals surface area (Å²) in [6.07, 6.45) is 0.953. The monoisotopic (exact) mass is 387 g/mol. The fraction of sp³-hybridized carbons (Fsp3) is 0.409. The molecule has 0 aliphatic rings. The molecule has 1 N–H and O–H groups in total. The van der Waals surface area contributed by atoms with E-state index in [1.807, 2.05) is 37.3 Å². The largest absolute Gasteiger partial charge is 0.493 e. The van der Waals surface area contributed by atoms with Crippen LogP contribution in [-0.4, -0.2) is 33.3 Å². The summed E-state index contributed by atoms with van der Waals surface area (Å²) >= 11 is 0. The van der Waals surface area contributed by atoms with Crippen molar-refractivity contribution in [2.75, 3.05) is 21.3 Å². The Morgan fingerprint density at radius 3 is 2.14 bits per heavy atom. The summed E-state index contributed by atoms with van der Waals surface area (Å²) < 4.78 is 22.0. The Morgan fingerprint density at radius 1 is 0.929 bits per heavy atom. The van der Waals surface area contributed by atoms with Gasteiger partial charge in [0.2, 0.25) is 5.75 Å². The average Bonchev–Trinajstić information content (AvgIpc) is 2.75. The summed E-state index contributed by atoms with van der Waals surface area (Å²) in [5, 5.41) is 2.92. The van der Waals surface area contributed by atoms with Crippen LogP contribution in [0.1, 0.15) is 31.4 Å². The van der Waals surface area contributed by atoms with Crippen molar-refractivity contribution in [3.63, 3.8) is 0 Å². The first-order valence-electron chi connectivity index (χ1n) is 9.38. The lowest BCUT2D eigenvalue weighted by atomic mass is 10.1. The minimum absolute atomic E-state index is 0.182. The Labute approximate surface area is 166 Å². The van der Waals surface area contributed by atoms with Crippen LogP contribution in [0.2, 0.25) is 0 Å². The molecule has 0 aromatic heterocycles. The Morgan fingerprint density at radius 2 is 1.61 bits per heavy atom. The molecule has 2 aromatic carbocycles. The van der Waals surface area contributed by atoms with Crippen molar-refractivity contribution in [1.82, 2.24) is 5.32 Å². The zero-order valence-corrected chi connectivity index (χ0v) is 17.2. The van der Waals surface area contributed by atoms with E-state index >= 15 is 0 Å². The molecule has 2 rings (SSSR count). The lowest BCUT2D eigenvalue weighted by molar-refractivity contribution is -0.128. The van der Waals surface area contributed by atoms with Crippen molar-refractivity contribution < 1.29 is 23.7 Å². The van der Waals surface area contributed by atoms with Gasteiger partial charge in [0.15, 0.2) is 17.6 Å². The van der Waals surface area contributed by atoms with Crippen molar-refractivity contribution in [2.45, 2.75) is 39.3 Å². The average molecular weight is 387 g/mol. The lowest BCUT2D eigenvalue weighted by Crippen LogP contribution is -2.37. The summed E-state index contributed by atoms with van der Waals surface area (Å²) in [4.78, 5) is 12.6. The van der Waals surface area contributed by atoms with Crippen LogP contribution in [0.15, 0.2) is 36.4 Å². The van der Waals surface area contributed by atoms with E-state index < -0.39 is 6.10 Å². The molecular formula is C22H29NO5. The molecule has 0 bridgehead atoms. The number of carbonyl (C=O) groups is 1. The van der Waals surface area contributed by atoms with Crippen molar-refractivity contribution >= 4 is 5.91 Å². The molecule has 28 heavy (non-hydrogen) atoms. The maximum absolute atomic E-state index is 12.6. The minimum Gasteiger partial charge on any atom is -0.493 e. The number of benzene rings is 2. The standard InChI is InChI=1S/C22H29NO5/c1-6-15-8-11-17(12-9-15)28-18(7-2)22(24)23-14-16-10-13-19(25-3)21(27-5)20(16)26-4/h8-13,18H,6-7,14H2,1-5H3,(H,23,24)/t18-/m0/s1. The lowest BCUT2D eigenvalue weighted by Gasteiger charge is -2.19. The first-order chi connectivity index (χ1) is 13.6. The summed E-state index contributed by atoms with van der Waals surface area (Å²) in [6, 6.07) is 11.4. The molecule has 0 unspecified atom stereocenters. The van der Waals surface area contributed by atoms with Gasteiger partial charge in [-0.25, -0.2) is 0 Å². The van der Waals surface area contributed by atoms with E-state index in [0.717, 1.165) is 12.0 Å². The van der Waals surface area contributed by atoms with Gasteiger partial charge in [-0.1, -0.05) is 26.0 Å². The summed E-state index contributed by atoms with van der Waals surface area (Å²) in [5.74, 6) is 2.10. The van der Waals surface area contributed by atoms with Crippen LogP contribution < -0.4 is 24.3 Å². The first kappa shape index (κ1) is 21.4. The number of rotatable bonds is 10. The number of ether oxygens (including phenoxy) is 4. The van der Waals surface area contributed by atoms with E-state index in [4.69, 9.17) is 18.9 Å². The molecule has 1 atom stereocenters. The molecule has 1 amide bonds. The van der Waals surface area contributed by atoms with E-state index in [0.29, 0.717) is 29.4 Å². The summed E-state index contributed by atoms with van der Waals surface area (Å²) in [5.41, 5.74) is 2.01. The third-order valence-electron chi connectivity index (χ3n) is 4.51. The predicted molar refractivity (Wildman–Crippen MR) is 108 cm³/mol. The Balaban J connectivity index is 2.06. The van der Waals surface area contributed by atoms with Gasteiger partial charge in [-0.05, 0) is 42.7 Å². The van der Waals surface area contributed by atoms with E-state index in [2.05, 4.69) is 12.2 Å². The van der Waals surface area contributed by atoms with Gasteiger partial charge in [-0.3, -0.25) is 4.79 Å². The molecule has 0 radical (unpaired) electrons. The molecule has 0 fully saturated rings. The third kappa shape index (κ3) is 5.09. The smallest absolute Gasteiger partial charge is 0.261 e. The Hall–Kier alpha value is -2.89. The maximum Gasteiger partial charge on any atom is 0.261 e. The second-order valence-electron chi connectivity index (χ2n) is 6.22. The SMILES string of the molecule is CCc1ccc(O[C@@H](CC)C(=O)NCc2ccc(OC)c(OC)c2OC)cc1. The summed E-state index contributed by atoms with van der Waals surface area (Å²) in [6.45, 7) is 4.30.